The standard InChI is InChI=1S/C8H9N/c9-5-8-4-6-1-2-7(8)3-6/h4,6-7H,1-3H2/t6?,7-/m1/s1. The molecule has 1 heteroatoms. The smallest absolute Gasteiger partial charge is 0.0946 e. The van der Waals surface area contributed by atoms with Crippen molar-refractivity contribution in [3.63, 3.8) is 0 Å². The molecule has 0 aromatic carbocycles. The zero-order chi connectivity index (χ0) is 6.27. The van der Waals surface area contributed by atoms with Gasteiger partial charge >= 0.3 is 0 Å². The zero-order valence-corrected chi connectivity index (χ0v) is 5.30. The predicted octanol–water partition coefficient (Wildman–Crippen LogP) is 1.87. The average molecular weight is 119 g/mol. The summed E-state index contributed by atoms with van der Waals surface area (Å²) in [6, 6.07) is 2.26. The van der Waals surface area contributed by atoms with Crippen LogP contribution in [0.2, 0.25) is 0 Å². The van der Waals surface area contributed by atoms with Crippen LogP contribution < -0.4 is 0 Å². The molecule has 0 aliphatic heterocycles. The molecule has 1 fully saturated rings. The van der Waals surface area contributed by atoms with Crippen molar-refractivity contribution in [1.82, 2.24) is 0 Å². The fourth-order valence-electron chi connectivity index (χ4n) is 1.97. The zero-order valence-electron chi connectivity index (χ0n) is 5.30. The first-order valence-electron chi connectivity index (χ1n) is 3.52. The van der Waals surface area contributed by atoms with Gasteiger partial charge in [0.2, 0.25) is 0 Å². The Balaban J connectivity index is 2.30. The third-order valence-corrected chi connectivity index (χ3v) is 2.46. The molecule has 0 aromatic heterocycles. The molecule has 0 amide bonds. The first kappa shape index (κ1) is 5.05. The lowest BCUT2D eigenvalue weighted by atomic mass is 10.0. The molecule has 0 saturated heterocycles. The largest absolute Gasteiger partial charge is 0.193 e. The summed E-state index contributed by atoms with van der Waals surface area (Å²) in [7, 11) is 0. The Kier molecular flexibility index (Phi) is 0.900. The Hall–Kier alpha value is -0.770. The lowest BCUT2D eigenvalue weighted by Crippen LogP contribution is -1.93. The minimum atomic E-state index is 0.653. The van der Waals surface area contributed by atoms with E-state index in [0.717, 1.165) is 11.5 Å². The molecule has 2 aliphatic carbocycles. The van der Waals surface area contributed by atoms with E-state index in [1.807, 2.05) is 0 Å². The van der Waals surface area contributed by atoms with Gasteiger partial charge in [-0.2, -0.15) is 5.26 Å². The van der Waals surface area contributed by atoms with Crippen LogP contribution in [0.15, 0.2) is 11.6 Å². The van der Waals surface area contributed by atoms with E-state index in [1.54, 1.807) is 0 Å². The van der Waals surface area contributed by atoms with Gasteiger partial charge in [0.25, 0.3) is 0 Å². The van der Waals surface area contributed by atoms with Crippen LogP contribution in [0.3, 0.4) is 0 Å². The van der Waals surface area contributed by atoms with E-state index in [2.05, 4.69) is 12.1 Å². The Bertz CT molecular complexity index is 197. The fraction of sp³-hybridized carbons (Fsp3) is 0.625. The molecule has 1 unspecified atom stereocenters. The highest BCUT2D eigenvalue weighted by molar-refractivity contribution is 5.31. The summed E-state index contributed by atoms with van der Waals surface area (Å²) in [6.07, 6.45) is 6.02. The van der Waals surface area contributed by atoms with Gasteiger partial charge in [-0.15, -0.1) is 0 Å². The van der Waals surface area contributed by atoms with E-state index < -0.39 is 0 Å². The van der Waals surface area contributed by atoms with E-state index in [9.17, 15) is 0 Å². The van der Waals surface area contributed by atoms with Crippen LogP contribution in [0.1, 0.15) is 19.3 Å². The average Bonchev–Trinajstić information content (AvgIpc) is 2.45. The Morgan fingerprint density at radius 3 is 2.78 bits per heavy atom. The normalized spacial score (nSPS) is 38.3. The van der Waals surface area contributed by atoms with Gasteiger partial charge < -0.3 is 0 Å². The second kappa shape index (κ2) is 1.60. The summed E-state index contributed by atoms with van der Waals surface area (Å²) in [5.74, 6) is 1.42. The van der Waals surface area contributed by atoms with Gasteiger partial charge in [-0.1, -0.05) is 6.08 Å². The summed E-state index contributed by atoms with van der Waals surface area (Å²) in [5, 5.41) is 8.57. The van der Waals surface area contributed by atoms with E-state index >= 15 is 0 Å². The van der Waals surface area contributed by atoms with Crippen molar-refractivity contribution in [2.45, 2.75) is 19.3 Å². The summed E-state index contributed by atoms with van der Waals surface area (Å²) in [6.45, 7) is 0. The molecule has 0 radical (unpaired) electrons. The summed E-state index contributed by atoms with van der Waals surface area (Å²) in [5.41, 5.74) is 1.06. The predicted molar refractivity (Wildman–Crippen MR) is 34.5 cm³/mol. The lowest BCUT2D eigenvalue weighted by molar-refractivity contribution is 0.674. The molecule has 1 nitrogen and oxygen atoms in total. The maximum Gasteiger partial charge on any atom is 0.0946 e. The van der Waals surface area contributed by atoms with E-state index in [-0.39, 0.29) is 0 Å². The highest BCUT2D eigenvalue weighted by Gasteiger charge is 2.32. The van der Waals surface area contributed by atoms with Crippen LogP contribution in [0.5, 0.6) is 0 Å². The molecule has 2 aliphatic rings. The lowest BCUT2D eigenvalue weighted by Gasteiger charge is -2.03. The SMILES string of the molecule is N#CC1=CC2CC[C@@H]1C2. The van der Waals surface area contributed by atoms with Gasteiger partial charge in [-0.25, -0.2) is 0 Å². The molecule has 0 aromatic rings. The first-order valence-corrected chi connectivity index (χ1v) is 3.52. The number of nitriles is 1. The van der Waals surface area contributed by atoms with Crippen LogP contribution in [-0.2, 0) is 0 Å². The fourth-order valence-corrected chi connectivity index (χ4v) is 1.97. The third-order valence-electron chi connectivity index (χ3n) is 2.46. The summed E-state index contributed by atoms with van der Waals surface area (Å²) in [4.78, 5) is 0. The van der Waals surface area contributed by atoms with Gasteiger partial charge in [0.15, 0.2) is 0 Å². The van der Waals surface area contributed by atoms with E-state index in [4.69, 9.17) is 5.26 Å². The number of rotatable bonds is 0. The van der Waals surface area contributed by atoms with Crippen molar-refractivity contribution in [1.29, 1.82) is 5.26 Å². The van der Waals surface area contributed by atoms with Gasteiger partial charge in [0.05, 0.1) is 6.07 Å². The van der Waals surface area contributed by atoms with Crippen molar-refractivity contribution in [2.24, 2.45) is 11.8 Å². The topological polar surface area (TPSA) is 23.8 Å². The van der Waals surface area contributed by atoms with E-state index in [1.165, 1.54) is 19.3 Å². The van der Waals surface area contributed by atoms with Crippen molar-refractivity contribution in [3.05, 3.63) is 11.6 Å². The molecule has 9 heavy (non-hydrogen) atoms. The monoisotopic (exact) mass is 119 g/mol. The molecule has 2 atom stereocenters. The van der Waals surface area contributed by atoms with Gasteiger partial charge in [0, 0.05) is 5.57 Å². The van der Waals surface area contributed by atoms with E-state index in [0.29, 0.717) is 5.92 Å². The molecular formula is C8H9N. The number of allylic oxidation sites excluding steroid dienone is 2. The number of hydrogen-bond acceptors (Lipinski definition) is 1. The van der Waals surface area contributed by atoms with Gasteiger partial charge in [0.1, 0.15) is 0 Å². The second-order valence-corrected chi connectivity index (χ2v) is 3.00. The number of nitrogens with zero attached hydrogens (tertiary/aromatic N) is 1. The van der Waals surface area contributed by atoms with Crippen LogP contribution in [0.4, 0.5) is 0 Å². The Labute approximate surface area is 55.0 Å². The van der Waals surface area contributed by atoms with Crippen LogP contribution in [0.25, 0.3) is 0 Å². The van der Waals surface area contributed by atoms with Crippen LogP contribution in [0, 0.1) is 23.2 Å². The molecule has 0 heterocycles. The minimum absolute atomic E-state index is 0.653. The van der Waals surface area contributed by atoms with Crippen LogP contribution in [-0.4, -0.2) is 0 Å². The van der Waals surface area contributed by atoms with Gasteiger partial charge in [-0.05, 0) is 31.1 Å². The van der Waals surface area contributed by atoms with Crippen LogP contribution >= 0.6 is 0 Å². The highest BCUT2D eigenvalue weighted by Crippen LogP contribution is 2.42. The molecular weight excluding hydrogens is 110 g/mol. The molecule has 2 bridgehead atoms. The molecule has 2 rings (SSSR count). The Morgan fingerprint density at radius 2 is 2.44 bits per heavy atom. The maximum absolute atomic E-state index is 8.57. The molecule has 0 spiro atoms. The Morgan fingerprint density at radius 1 is 1.56 bits per heavy atom. The van der Waals surface area contributed by atoms with Crippen molar-refractivity contribution in [2.75, 3.05) is 0 Å². The molecule has 0 N–H and O–H groups in total. The minimum Gasteiger partial charge on any atom is -0.193 e. The second-order valence-electron chi connectivity index (χ2n) is 3.00. The quantitative estimate of drug-likeness (QED) is 0.477. The summed E-state index contributed by atoms with van der Waals surface area (Å²) < 4.78 is 0. The maximum atomic E-state index is 8.57. The number of hydrogen-bond donors (Lipinski definition) is 0. The molecule has 1 saturated carbocycles. The summed E-state index contributed by atoms with van der Waals surface area (Å²) >= 11 is 0. The third kappa shape index (κ3) is 0.595. The highest BCUT2D eigenvalue weighted by atomic mass is 14.4. The number of fused-ring (bicyclic) bond motifs is 2. The first-order chi connectivity index (χ1) is 4.40. The van der Waals surface area contributed by atoms with Crippen molar-refractivity contribution < 1.29 is 0 Å². The van der Waals surface area contributed by atoms with Gasteiger partial charge in [-0.3, -0.25) is 0 Å². The van der Waals surface area contributed by atoms with Crippen molar-refractivity contribution >= 4 is 0 Å². The molecule has 46 valence electrons. The van der Waals surface area contributed by atoms with Crippen molar-refractivity contribution in [3.8, 4) is 6.07 Å².